The molecule has 18 heavy (non-hydrogen) atoms. The van der Waals surface area contributed by atoms with E-state index in [2.05, 4.69) is 10.3 Å². The zero-order chi connectivity index (χ0) is 13.0. The molecule has 1 amide bonds. The number of hydrogen-bond acceptors (Lipinski definition) is 4. The van der Waals surface area contributed by atoms with Gasteiger partial charge in [0.15, 0.2) is 0 Å². The van der Waals surface area contributed by atoms with Gasteiger partial charge in [0.25, 0.3) is 5.91 Å². The normalized spacial score (nSPS) is 13.9. The molecule has 2 rings (SSSR count). The van der Waals surface area contributed by atoms with Gasteiger partial charge in [-0.1, -0.05) is 30.3 Å². The van der Waals surface area contributed by atoms with E-state index in [-0.39, 0.29) is 12.5 Å². The van der Waals surface area contributed by atoms with E-state index in [9.17, 15) is 9.90 Å². The molecule has 0 aliphatic rings. The molecule has 0 saturated carbocycles. The van der Waals surface area contributed by atoms with Gasteiger partial charge in [-0.2, -0.15) is 0 Å². The number of hydrogen-bond donors (Lipinski definition) is 2. The number of amides is 1. The molecule has 0 aliphatic heterocycles. The largest absolute Gasteiger partial charge is 0.394 e. The van der Waals surface area contributed by atoms with Crippen molar-refractivity contribution in [3.8, 4) is 0 Å². The summed E-state index contributed by atoms with van der Waals surface area (Å²) in [6.45, 7) is 1.61. The van der Waals surface area contributed by atoms with Crippen molar-refractivity contribution in [2.45, 2.75) is 12.5 Å². The van der Waals surface area contributed by atoms with Crippen LogP contribution in [0.1, 0.15) is 23.0 Å². The topological polar surface area (TPSA) is 62.2 Å². The summed E-state index contributed by atoms with van der Waals surface area (Å²) in [5, 5.41) is 14.0. The number of nitrogens with zero attached hydrogens (tertiary/aromatic N) is 1. The van der Waals surface area contributed by atoms with Gasteiger partial charge in [-0.25, -0.2) is 4.98 Å². The lowest BCUT2D eigenvalue weighted by atomic mass is 9.93. The van der Waals surface area contributed by atoms with Crippen molar-refractivity contribution in [3.05, 3.63) is 52.5 Å². The van der Waals surface area contributed by atoms with Crippen LogP contribution in [0.5, 0.6) is 0 Å². The van der Waals surface area contributed by atoms with Crippen LogP contribution in [0.3, 0.4) is 0 Å². The monoisotopic (exact) mass is 262 g/mol. The minimum absolute atomic E-state index is 0.174. The van der Waals surface area contributed by atoms with Gasteiger partial charge in [-0.3, -0.25) is 4.79 Å². The van der Waals surface area contributed by atoms with E-state index in [4.69, 9.17) is 0 Å². The first-order valence-corrected chi connectivity index (χ1v) is 6.47. The number of aliphatic hydroxyl groups is 1. The van der Waals surface area contributed by atoms with Gasteiger partial charge in [0.2, 0.25) is 0 Å². The smallest absolute Gasteiger partial charge is 0.271 e. The molecular weight excluding hydrogens is 248 g/mol. The Morgan fingerprint density at radius 1 is 1.44 bits per heavy atom. The zero-order valence-electron chi connectivity index (χ0n) is 9.96. The maximum absolute atomic E-state index is 12.0. The van der Waals surface area contributed by atoms with Crippen LogP contribution in [0, 0.1) is 0 Å². The van der Waals surface area contributed by atoms with Crippen LogP contribution < -0.4 is 5.32 Å². The highest BCUT2D eigenvalue weighted by molar-refractivity contribution is 7.07. The highest BCUT2D eigenvalue weighted by Gasteiger charge is 2.28. The Morgan fingerprint density at radius 3 is 2.72 bits per heavy atom. The number of benzene rings is 1. The van der Waals surface area contributed by atoms with Gasteiger partial charge < -0.3 is 10.4 Å². The van der Waals surface area contributed by atoms with Crippen LogP contribution in [-0.4, -0.2) is 22.6 Å². The maximum Gasteiger partial charge on any atom is 0.271 e. The number of aliphatic hydroxyl groups excluding tert-OH is 1. The maximum atomic E-state index is 12.0. The molecule has 1 heterocycles. The fourth-order valence-electron chi connectivity index (χ4n) is 1.65. The standard InChI is InChI=1S/C13H14N2O2S/c1-13(8-16,10-5-3-2-4-6-10)15-12(17)11-7-18-9-14-11/h2-7,9,16H,8H2,1H3,(H,15,17). The van der Waals surface area contributed by atoms with Gasteiger partial charge in [0.05, 0.1) is 17.7 Å². The molecule has 0 saturated heterocycles. The number of rotatable bonds is 4. The molecule has 0 radical (unpaired) electrons. The van der Waals surface area contributed by atoms with Crippen molar-refractivity contribution < 1.29 is 9.90 Å². The molecule has 1 unspecified atom stereocenters. The Bertz CT molecular complexity index is 513. The van der Waals surface area contributed by atoms with Gasteiger partial charge in [0.1, 0.15) is 5.69 Å². The Balaban J connectivity index is 2.21. The van der Waals surface area contributed by atoms with E-state index < -0.39 is 5.54 Å². The van der Waals surface area contributed by atoms with Gasteiger partial charge in [0, 0.05) is 5.38 Å². The highest BCUT2D eigenvalue weighted by atomic mass is 32.1. The fraction of sp³-hybridized carbons (Fsp3) is 0.231. The molecule has 1 atom stereocenters. The summed E-state index contributed by atoms with van der Waals surface area (Å²) >= 11 is 1.36. The Hall–Kier alpha value is -1.72. The van der Waals surface area contributed by atoms with Crippen LogP contribution in [0.15, 0.2) is 41.2 Å². The molecule has 0 fully saturated rings. The average molecular weight is 262 g/mol. The lowest BCUT2D eigenvalue weighted by Crippen LogP contribution is -2.46. The van der Waals surface area contributed by atoms with Gasteiger partial charge >= 0.3 is 0 Å². The second-order valence-electron chi connectivity index (χ2n) is 4.18. The SMILES string of the molecule is CC(CO)(NC(=O)c1cscn1)c1ccccc1. The second-order valence-corrected chi connectivity index (χ2v) is 4.90. The van der Waals surface area contributed by atoms with Crippen LogP contribution >= 0.6 is 11.3 Å². The van der Waals surface area contributed by atoms with E-state index in [0.29, 0.717) is 5.69 Å². The fourth-order valence-corrected chi connectivity index (χ4v) is 2.18. The van der Waals surface area contributed by atoms with E-state index in [1.54, 1.807) is 17.8 Å². The molecule has 2 N–H and O–H groups in total. The van der Waals surface area contributed by atoms with Crippen LogP contribution in [0.2, 0.25) is 0 Å². The molecule has 1 aromatic heterocycles. The summed E-state index contributed by atoms with van der Waals surface area (Å²) in [5.41, 5.74) is 2.03. The summed E-state index contributed by atoms with van der Waals surface area (Å²) in [4.78, 5) is 15.9. The van der Waals surface area contributed by atoms with Gasteiger partial charge in [-0.05, 0) is 12.5 Å². The number of carbonyl (C=O) groups is 1. The van der Waals surface area contributed by atoms with Crippen molar-refractivity contribution in [2.75, 3.05) is 6.61 Å². The first kappa shape index (κ1) is 12.7. The van der Waals surface area contributed by atoms with Crippen molar-refractivity contribution in [2.24, 2.45) is 0 Å². The third-order valence-electron chi connectivity index (χ3n) is 2.78. The van der Waals surface area contributed by atoms with E-state index in [1.165, 1.54) is 11.3 Å². The predicted molar refractivity (Wildman–Crippen MR) is 70.5 cm³/mol. The lowest BCUT2D eigenvalue weighted by Gasteiger charge is -2.29. The Morgan fingerprint density at radius 2 is 2.17 bits per heavy atom. The predicted octanol–water partition coefficient (Wildman–Crippen LogP) is 1.78. The zero-order valence-corrected chi connectivity index (χ0v) is 10.8. The van der Waals surface area contributed by atoms with E-state index in [1.807, 2.05) is 30.3 Å². The quantitative estimate of drug-likeness (QED) is 0.883. The summed E-state index contributed by atoms with van der Waals surface area (Å²) in [6.07, 6.45) is 0. The summed E-state index contributed by atoms with van der Waals surface area (Å²) < 4.78 is 0. The Labute approximate surface area is 109 Å². The third-order valence-corrected chi connectivity index (χ3v) is 3.37. The molecular formula is C13H14N2O2S. The van der Waals surface area contributed by atoms with Gasteiger partial charge in [-0.15, -0.1) is 11.3 Å². The van der Waals surface area contributed by atoms with Crippen LogP contribution in [0.4, 0.5) is 0 Å². The van der Waals surface area contributed by atoms with Crippen molar-refractivity contribution >= 4 is 17.2 Å². The summed E-state index contributed by atoms with van der Waals surface area (Å²) in [7, 11) is 0. The van der Waals surface area contributed by atoms with Crippen molar-refractivity contribution in [3.63, 3.8) is 0 Å². The summed E-state index contributed by atoms with van der Waals surface area (Å²) in [6, 6.07) is 9.38. The number of nitrogens with one attached hydrogen (secondary N) is 1. The molecule has 4 nitrogen and oxygen atoms in total. The molecule has 0 spiro atoms. The van der Waals surface area contributed by atoms with E-state index >= 15 is 0 Å². The molecule has 2 aromatic rings. The number of carbonyl (C=O) groups excluding carboxylic acids is 1. The Kier molecular flexibility index (Phi) is 3.74. The molecule has 1 aromatic carbocycles. The molecule has 5 heteroatoms. The highest BCUT2D eigenvalue weighted by Crippen LogP contribution is 2.20. The first-order valence-electron chi connectivity index (χ1n) is 5.53. The van der Waals surface area contributed by atoms with E-state index in [0.717, 1.165) is 5.56 Å². The summed E-state index contributed by atoms with van der Waals surface area (Å²) in [5.74, 6) is -0.281. The minimum atomic E-state index is -0.804. The van der Waals surface area contributed by atoms with Crippen LogP contribution in [0.25, 0.3) is 0 Å². The molecule has 0 bridgehead atoms. The first-order chi connectivity index (χ1) is 8.65. The minimum Gasteiger partial charge on any atom is -0.394 e. The second kappa shape index (κ2) is 5.29. The third kappa shape index (κ3) is 2.57. The van der Waals surface area contributed by atoms with Crippen molar-refractivity contribution in [1.29, 1.82) is 0 Å². The number of thiazole rings is 1. The lowest BCUT2D eigenvalue weighted by molar-refractivity contribution is 0.0845. The van der Waals surface area contributed by atoms with Crippen molar-refractivity contribution in [1.82, 2.24) is 10.3 Å². The molecule has 0 aliphatic carbocycles. The molecule has 94 valence electrons. The van der Waals surface area contributed by atoms with Crippen LogP contribution in [-0.2, 0) is 5.54 Å². The number of aromatic nitrogens is 1. The average Bonchev–Trinajstić information content (AvgIpc) is 2.93.